The molecule has 0 atom stereocenters. The molecule has 28 heavy (non-hydrogen) atoms. The Morgan fingerprint density at radius 3 is 2.93 bits per heavy atom. The Hall–Kier alpha value is -2.68. The topological polar surface area (TPSA) is 94.6 Å². The van der Waals surface area contributed by atoms with Crippen LogP contribution in [0.25, 0.3) is 11.0 Å². The van der Waals surface area contributed by atoms with E-state index in [2.05, 4.69) is 25.8 Å². The SMILES string of the molecule is COCCNCCc1nc2c(/C(=N/O)Nc3ccc(F)c(Cl)c3)cccc2[nH]1. The molecule has 0 bridgehead atoms. The van der Waals surface area contributed by atoms with Crippen LogP contribution in [-0.4, -0.2) is 47.8 Å². The van der Waals surface area contributed by atoms with E-state index in [0.29, 0.717) is 29.8 Å². The molecule has 1 aromatic heterocycles. The second-order valence-corrected chi connectivity index (χ2v) is 6.49. The molecule has 1 heterocycles. The van der Waals surface area contributed by atoms with Crippen molar-refractivity contribution in [1.29, 1.82) is 0 Å². The first kappa shape index (κ1) is 20.1. The van der Waals surface area contributed by atoms with Gasteiger partial charge in [0, 0.05) is 37.9 Å². The quantitative estimate of drug-likeness (QED) is 0.151. The predicted molar refractivity (Wildman–Crippen MR) is 108 cm³/mol. The molecule has 7 nitrogen and oxygen atoms in total. The van der Waals surface area contributed by atoms with E-state index in [4.69, 9.17) is 16.3 Å². The number of halogens is 2. The zero-order valence-corrected chi connectivity index (χ0v) is 16.1. The largest absolute Gasteiger partial charge is 0.409 e. The fourth-order valence-corrected chi connectivity index (χ4v) is 2.94. The van der Waals surface area contributed by atoms with Crippen LogP contribution in [0.15, 0.2) is 41.6 Å². The molecule has 0 saturated heterocycles. The minimum absolute atomic E-state index is 0.0245. The Labute approximate surface area is 166 Å². The molecular weight excluding hydrogens is 385 g/mol. The lowest BCUT2D eigenvalue weighted by Crippen LogP contribution is -2.22. The maximum Gasteiger partial charge on any atom is 0.179 e. The summed E-state index contributed by atoms with van der Waals surface area (Å²) >= 11 is 5.82. The minimum Gasteiger partial charge on any atom is -0.409 e. The van der Waals surface area contributed by atoms with Crippen LogP contribution in [-0.2, 0) is 11.2 Å². The molecule has 0 radical (unpaired) electrons. The second kappa shape index (κ2) is 9.50. The van der Waals surface area contributed by atoms with Crippen molar-refractivity contribution < 1.29 is 14.3 Å². The molecule has 0 spiro atoms. The summed E-state index contributed by atoms with van der Waals surface area (Å²) in [6.45, 7) is 2.18. The number of hydrogen-bond donors (Lipinski definition) is 4. The number of methoxy groups -OCH3 is 1. The number of aromatic amines is 1. The molecule has 3 aromatic rings. The van der Waals surface area contributed by atoms with Crippen molar-refractivity contribution in [3.63, 3.8) is 0 Å². The van der Waals surface area contributed by atoms with E-state index in [1.54, 1.807) is 13.2 Å². The van der Waals surface area contributed by atoms with Crippen molar-refractivity contribution in [2.45, 2.75) is 6.42 Å². The first-order chi connectivity index (χ1) is 13.6. The predicted octanol–water partition coefficient (Wildman–Crippen LogP) is 3.38. The highest BCUT2D eigenvalue weighted by atomic mass is 35.5. The normalized spacial score (nSPS) is 11.9. The van der Waals surface area contributed by atoms with Crippen LogP contribution in [0.5, 0.6) is 0 Å². The van der Waals surface area contributed by atoms with Crippen LogP contribution in [0.4, 0.5) is 10.1 Å². The number of ether oxygens (including phenoxy) is 1. The molecule has 0 aliphatic rings. The number of H-pyrrole nitrogens is 1. The summed E-state index contributed by atoms with van der Waals surface area (Å²) in [4.78, 5) is 7.90. The standard InChI is InChI=1S/C19H21ClFN5O2/c1-28-10-9-22-8-7-17-24-16-4-2-3-13(18(16)25-17)19(26-27)23-12-5-6-15(21)14(20)11-12/h2-6,11,22,27H,7-10H2,1H3,(H,23,26)(H,24,25). The zero-order valence-electron chi connectivity index (χ0n) is 15.3. The number of nitrogens with one attached hydrogen (secondary N) is 3. The van der Waals surface area contributed by atoms with Gasteiger partial charge in [0.25, 0.3) is 0 Å². The number of benzene rings is 2. The number of oxime groups is 1. The highest BCUT2D eigenvalue weighted by molar-refractivity contribution is 6.31. The van der Waals surface area contributed by atoms with Crippen LogP contribution >= 0.6 is 11.6 Å². The Balaban J connectivity index is 1.79. The number of para-hydroxylation sites is 1. The van der Waals surface area contributed by atoms with Gasteiger partial charge in [-0.3, -0.25) is 0 Å². The Morgan fingerprint density at radius 2 is 2.18 bits per heavy atom. The Kier molecular flexibility index (Phi) is 6.80. The maximum atomic E-state index is 13.4. The van der Waals surface area contributed by atoms with Crippen LogP contribution in [0.1, 0.15) is 11.4 Å². The van der Waals surface area contributed by atoms with Crippen molar-refractivity contribution in [3.05, 3.63) is 58.6 Å². The molecule has 9 heteroatoms. The second-order valence-electron chi connectivity index (χ2n) is 6.08. The van der Waals surface area contributed by atoms with E-state index in [9.17, 15) is 9.60 Å². The average molecular weight is 406 g/mol. The third-order valence-electron chi connectivity index (χ3n) is 4.12. The molecule has 0 fully saturated rings. The number of rotatable bonds is 8. The number of anilines is 1. The highest BCUT2D eigenvalue weighted by Crippen LogP contribution is 2.22. The number of amidine groups is 1. The summed E-state index contributed by atoms with van der Waals surface area (Å²) in [5.41, 5.74) is 2.59. The third kappa shape index (κ3) is 4.78. The third-order valence-corrected chi connectivity index (χ3v) is 4.41. The van der Waals surface area contributed by atoms with Gasteiger partial charge in [0.15, 0.2) is 5.84 Å². The molecule has 0 amide bonds. The van der Waals surface area contributed by atoms with Gasteiger partial charge < -0.3 is 25.6 Å². The van der Waals surface area contributed by atoms with Crippen LogP contribution in [0.2, 0.25) is 5.02 Å². The van der Waals surface area contributed by atoms with E-state index in [-0.39, 0.29) is 10.9 Å². The number of aromatic nitrogens is 2. The minimum atomic E-state index is -0.521. The van der Waals surface area contributed by atoms with Gasteiger partial charge in [-0.25, -0.2) is 9.37 Å². The smallest absolute Gasteiger partial charge is 0.179 e. The van der Waals surface area contributed by atoms with Crippen molar-refractivity contribution >= 4 is 34.2 Å². The monoisotopic (exact) mass is 405 g/mol. The first-order valence-corrected chi connectivity index (χ1v) is 9.12. The van der Waals surface area contributed by atoms with E-state index >= 15 is 0 Å². The van der Waals surface area contributed by atoms with E-state index in [0.717, 1.165) is 24.4 Å². The highest BCUT2D eigenvalue weighted by Gasteiger charge is 2.14. The Bertz CT molecular complexity index is 976. The lowest BCUT2D eigenvalue weighted by atomic mass is 10.1. The number of fused-ring (bicyclic) bond motifs is 1. The molecule has 0 unspecified atom stereocenters. The Morgan fingerprint density at radius 1 is 1.32 bits per heavy atom. The van der Waals surface area contributed by atoms with Crippen molar-refractivity contribution in [1.82, 2.24) is 15.3 Å². The number of nitrogens with zero attached hydrogens (tertiary/aromatic N) is 2. The molecule has 0 aliphatic carbocycles. The molecule has 3 rings (SSSR count). The van der Waals surface area contributed by atoms with Crippen LogP contribution in [0.3, 0.4) is 0 Å². The van der Waals surface area contributed by atoms with Crippen LogP contribution in [0, 0.1) is 5.82 Å². The number of hydrogen-bond acceptors (Lipinski definition) is 5. The molecular formula is C19H21ClFN5O2. The average Bonchev–Trinajstić information content (AvgIpc) is 3.12. The summed E-state index contributed by atoms with van der Waals surface area (Å²) in [6, 6.07) is 9.69. The fraction of sp³-hybridized carbons (Fsp3) is 0.263. The summed E-state index contributed by atoms with van der Waals surface area (Å²) in [5, 5.41) is 19.1. The lowest BCUT2D eigenvalue weighted by Gasteiger charge is -2.09. The van der Waals surface area contributed by atoms with Gasteiger partial charge >= 0.3 is 0 Å². The van der Waals surface area contributed by atoms with Crippen molar-refractivity contribution in [3.8, 4) is 0 Å². The van der Waals surface area contributed by atoms with Gasteiger partial charge in [-0.1, -0.05) is 22.8 Å². The zero-order chi connectivity index (χ0) is 19.9. The van der Waals surface area contributed by atoms with Gasteiger partial charge in [-0.05, 0) is 30.3 Å². The van der Waals surface area contributed by atoms with E-state index in [1.165, 1.54) is 18.2 Å². The van der Waals surface area contributed by atoms with Gasteiger partial charge in [0.05, 0.1) is 22.7 Å². The summed E-state index contributed by atoms with van der Waals surface area (Å²) < 4.78 is 18.4. The van der Waals surface area contributed by atoms with Gasteiger partial charge in [0.2, 0.25) is 0 Å². The molecule has 2 aromatic carbocycles. The maximum absolute atomic E-state index is 13.4. The summed E-state index contributed by atoms with van der Waals surface area (Å²) in [7, 11) is 1.66. The van der Waals surface area contributed by atoms with E-state index in [1.807, 2.05) is 12.1 Å². The van der Waals surface area contributed by atoms with Crippen molar-refractivity contribution in [2.75, 3.05) is 32.1 Å². The van der Waals surface area contributed by atoms with Gasteiger partial charge in [0.1, 0.15) is 11.6 Å². The number of imidazole rings is 1. The van der Waals surface area contributed by atoms with Crippen molar-refractivity contribution in [2.24, 2.45) is 5.16 Å². The molecule has 0 saturated carbocycles. The van der Waals surface area contributed by atoms with Crippen LogP contribution < -0.4 is 10.6 Å². The lowest BCUT2D eigenvalue weighted by molar-refractivity contribution is 0.199. The summed E-state index contributed by atoms with van der Waals surface area (Å²) in [5.74, 6) is 0.479. The molecule has 0 aliphatic heterocycles. The van der Waals surface area contributed by atoms with E-state index < -0.39 is 5.82 Å². The van der Waals surface area contributed by atoms with Gasteiger partial charge in [-0.2, -0.15) is 0 Å². The fourth-order valence-electron chi connectivity index (χ4n) is 2.76. The summed E-state index contributed by atoms with van der Waals surface area (Å²) in [6.07, 6.45) is 0.713. The molecule has 148 valence electrons. The first-order valence-electron chi connectivity index (χ1n) is 8.74. The molecule has 4 N–H and O–H groups in total. The van der Waals surface area contributed by atoms with Gasteiger partial charge in [-0.15, -0.1) is 0 Å².